The van der Waals surface area contributed by atoms with Gasteiger partial charge in [-0.15, -0.1) is 0 Å². The molecule has 6 heteroatoms. The fourth-order valence-electron chi connectivity index (χ4n) is 7.11. The second-order valence-corrected chi connectivity index (χ2v) is 17.3. The zero-order valence-corrected chi connectivity index (χ0v) is 36.8. The largest absolute Gasteiger partial charge is 0.462 e. The molecule has 54 heavy (non-hydrogen) atoms. The van der Waals surface area contributed by atoms with Gasteiger partial charge < -0.3 is 14.2 Å². The SMILES string of the molecule is CCCCCCCCCCCC(=O)O[C@@H](COC(=O)CCCCCCCCCCCCCCCC(C)C)COC(=O)CCCCCCCCCCC(C)C. The zero-order valence-electron chi connectivity index (χ0n) is 36.8. The lowest BCUT2D eigenvalue weighted by atomic mass is 10.0. The summed E-state index contributed by atoms with van der Waals surface area (Å²) >= 11 is 0. The molecule has 0 aromatic heterocycles. The summed E-state index contributed by atoms with van der Waals surface area (Å²) in [5, 5.41) is 0. The van der Waals surface area contributed by atoms with E-state index < -0.39 is 6.10 Å². The minimum absolute atomic E-state index is 0.0648. The molecule has 0 aliphatic carbocycles. The van der Waals surface area contributed by atoms with Gasteiger partial charge in [0.15, 0.2) is 6.10 Å². The highest BCUT2D eigenvalue weighted by molar-refractivity contribution is 5.71. The number of esters is 3. The molecule has 0 N–H and O–H groups in total. The Hall–Kier alpha value is -1.59. The highest BCUT2D eigenvalue weighted by atomic mass is 16.6. The molecule has 320 valence electrons. The molecule has 0 aromatic rings. The van der Waals surface area contributed by atoms with E-state index in [0.717, 1.165) is 69.6 Å². The maximum absolute atomic E-state index is 12.7. The van der Waals surface area contributed by atoms with Crippen LogP contribution in [0.1, 0.15) is 259 Å². The molecule has 0 bridgehead atoms. The van der Waals surface area contributed by atoms with Crippen molar-refractivity contribution in [3.05, 3.63) is 0 Å². The Balaban J connectivity index is 4.26. The molecule has 0 spiro atoms. The van der Waals surface area contributed by atoms with E-state index in [4.69, 9.17) is 14.2 Å². The molecule has 0 radical (unpaired) electrons. The summed E-state index contributed by atoms with van der Waals surface area (Å²) in [5.74, 6) is 0.778. The maximum atomic E-state index is 12.7. The van der Waals surface area contributed by atoms with Crippen LogP contribution in [0.15, 0.2) is 0 Å². The molecular formula is C48H92O6. The standard InChI is InChI=1S/C48H92O6/c1-6-7-8-9-10-16-25-30-35-40-48(51)54-45(42-53-47(50)39-34-29-24-20-19-22-27-32-37-44(4)5)41-52-46(49)38-33-28-23-18-15-13-11-12-14-17-21-26-31-36-43(2)3/h43-45H,6-42H2,1-5H3/t45-/m0/s1. The molecule has 0 heterocycles. The third-order valence-electron chi connectivity index (χ3n) is 10.7. The first-order valence-electron chi connectivity index (χ1n) is 23.7. The minimum atomic E-state index is -0.760. The van der Waals surface area contributed by atoms with Crippen molar-refractivity contribution in [3.8, 4) is 0 Å². The fourth-order valence-corrected chi connectivity index (χ4v) is 7.11. The lowest BCUT2D eigenvalue weighted by Gasteiger charge is -2.18. The van der Waals surface area contributed by atoms with Crippen LogP contribution in [-0.4, -0.2) is 37.2 Å². The number of ether oxygens (including phenoxy) is 3. The summed E-state index contributed by atoms with van der Waals surface area (Å²) in [6.45, 7) is 11.3. The van der Waals surface area contributed by atoms with Gasteiger partial charge in [-0.2, -0.15) is 0 Å². The lowest BCUT2D eigenvalue weighted by Crippen LogP contribution is -2.30. The summed E-state index contributed by atoms with van der Waals surface area (Å²) in [5.41, 5.74) is 0. The summed E-state index contributed by atoms with van der Waals surface area (Å²) in [7, 11) is 0. The van der Waals surface area contributed by atoms with Gasteiger partial charge in [0.2, 0.25) is 0 Å². The van der Waals surface area contributed by atoms with Gasteiger partial charge in [0.25, 0.3) is 0 Å². The molecule has 0 amide bonds. The molecule has 0 aliphatic heterocycles. The quantitative estimate of drug-likeness (QED) is 0.0350. The smallest absolute Gasteiger partial charge is 0.306 e. The summed E-state index contributed by atoms with van der Waals surface area (Å²) in [4.78, 5) is 37.7. The second kappa shape index (κ2) is 41.1. The van der Waals surface area contributed by atoms with E-state index in [1.54, 1.807) is 0 Å². The van der Waals surface area contributed by atoms with E-state index in [2.05, 4.69) is 34.6 Å². The van der Waals surface area contributed by atoms with E-state index in [1.165, 1.54) is 148 Å². The number of carbonyl (C=O) groups excluding carboxylic acids is 3. The van der Waals surface area contributed by atoms with E-state index in [-0.39, 0.29) is 31.1 Å². The molecule has 0 aliphatic rings. The van der Waals surface area contributed by atoms with Crippen LogP contribution in [0.5, 0.6) is 0 Å². The fraction of sp³-hybridized carbons (Fsp3) is 0.938. The number of rotatable bonds is 42. The monoisotopic (exact) mass is 765 g/mol. The van der Waals surface area contributed by atoms with Gasteiger partial charge in [0.05, 0.1) is 0 Å². The molecule has 0 aromatic carbocycles. The molecule has 0 saturated carbocycles. The van der Waals surface area contributed by atoms with Crippen LogP contribution in [0.2, 0.25) is 0 Å². The minimum Gasteiger partial charge on any atom is -0.462 e. The van der Waals surface area contributed by atoms with Crippen LogP contribution < -0.4 is 0 Å². The number of hydrogen-bond acceptors (Lipinski definition) is 6. The normalized spacial score (nSPS) is 12.1. The Labute approximate surface area is 336 Å². The van der Waals surface area contributed by atoms with Crippen molar-refractivity contribution < 1.29 is 28.6 Å². The molecular weight excluding hydrogens is 673 g/mol. The molecule has 0 rings (SSSR count). The van der Waals surface area contributed by atoms with Crippen molar-refractivity contribution in [1.82, 2.24) is 0 Å². The summed E-state index contributed by atoms with van der Waals surface area (Å²) < 4.78 is 16.7. The van der Waals surface area contributed by atoms with Gasteiger partial charge in [-0.25, -0.2) is 0 Å². The Morgan fingerprint density at radius 2 is 0.611 bits per heavy atom. The van der Waals surface area contributed by atoms with Gasteiger partial charge in [0, 0.05) is 19.3 Å². The van der Waals surface area contributed by atoms with Gasteiger partial charge in [-0.1, -0.05) is 221 Å². The van der Waals surface area contributed by atoms with Gasteiger partial charge >= 0.3 is 17.9 Å². The van der Waals surface area contributed by atoms with E-state index in [9.17, 15) is 14.4 Å². The van der Waals surface area contributed by atoms with Crippen LogP contribution in [0.25, 0.3) is 0 Å². The lowest BCUT2D eigenvalue weighted by molar-refractivity contribution is -0.167. The Bertz CT molecular complexity index is 824. The number of hydrogen-bond donors (Lipinski definition) is 0. The third kappa shape index (κ3) is 41.6. The average molecular weight is 765 g/mol. The summed E-state index contributed by atoms with van der Waals surface area (Å²) in [6.07, 6.45) is 39.5. The molecule has 6 nitrogen and oxygen atoms in total. The first kappa shape index (κ1) is 52.4. The van der Waals surface area contributed by atoms with Crippen LogP contribution in [0.4, 0.5) is 0 Å². The molecule has 1 atom stereocenters. The van der Waals surface area contributed by atoms with Crippen LogP contribution >= 0.6 is 0 Å². The van der Waals surface area contributed by atoms with E-state index in [1.807, 2.05) is 0 Å². The van der Waals surface area contributed by atoms with Crippen LogP contribution in [-0.2, 0) is 28.6 Å². The van der Waals surface area contributed by atoms with Crippen molar-refractivity contribution >= 4 is 17.9 Å². The molecule has 0 saturated heterocycles. The Kier molecular flexibility index (Phi) is 39.8. The van der Waals surface area contributed by atoms with Crippen LogP contribution in [0, 0.1) is 11.8 Å². The van der Waals surface area contributed by atoms with Gasteiger partial charge in [-0.3, -0.25) is 14.4 Å². The van der Waals surface area contributed by atoms with Crippen molar-refractivity contribution in [3.63, 3.8) is 0 Å². The first-order valence-corrected chi connectivity index (χ1v) is 23.7. The third-order valence-corrected chi connectivity index (χ3v) is 10.7. The molecule has 0 unspecified atom stereocenters. The predicted molar refractivity (Wildman–Crippen MR) is 229 cm³/mol. The van der Waals surface area contributed by atoms with Crippen molar-refractivity contribution in [2.24, 2.45) is 11.8 Å². The summed E-state index contributed by atoms with van der Waals surface area (Å²) in [6, 6.07) is 0. The Morgan fingerprint density at radius 1 is 0.352 bits per heavy atom. The highest BCUT2D eigenvalue weighted by Gasteiger charge is 2.19. The zero-order chi connectivity index (χ0) is 39.7. The average Bonchev–Trinajstić information content (AvgIpc) is 3.14. The van der Waals surface area contributed by atoms with Gasteiger partial charge in [0.1, 0.15) is 13.2 Å². The predicted octanol–water partition coefficient (Wildman–Crippen LogP) is 15.0. The van der Waals surface area contributed by atoms with Crippen molar-refractivity contribution in [1.29, 1.82) is 0 Å². The van der Waals surface area contributed by atoms with Crippen molar-refractivity contribution in [2.45, 2.75) is 265 Å². The first-order chi connectivity index (χ1) is 26.2. The van der Waals surface area contributed by atoms with Crippen molar-refractivity contribution in [2.75, 3.05) is 13.2 Å². The van der Waals surface area contributed by atoms with Gasteiger partial charge in [-0.05, 0) is 31.1 Å². The number of unbranched alkanes of at least 4 members (excludes halogenated alkanes) is 27. The maximum Gasteiger partial charge on any atom is 0.306 e. The topological polar surface area (TPSA) is 78.9 Å². The highest BCUT2D eigenvalue weighted by Crippen LogP contribution is 2.17. The van der Waals surface area contributed by atoms with E-state index in [0.29, 0.717) is 19.3 Å². The Morgan fingerprint density at radius 3 is 0.907 bits per heavy atom. The second-order valence-electron chi connectivity index (χ2n) is 17.3. The van der Waals surface area contributed by atoms with Crippen LogP contribution in [0.3, 0.4) is 0 Å². The van der Waals surface area contributed by atoms with E-state index >= 15 is 0 Å². The molecule has 0 fully saturated rings. The number of carbonyl (C=O) groups is 3.